The van der Waals surface area contributed by atoms with Crippen molar-refractivity contribution in [2.24, 2.45) is 0 Å². The van der Waals surface area contributed by atoms with Crippen LogP contribution >= 0.6 is 11.6 Å². The standard InChI is InChI=1S/C15H12ClN5O3/c1-21(14-10(16)6-9(7-18-14)15(22)23)8-12-19-13(20-24-12)11-4-2-3-5-17-11/h2-7H,8H2,1H3,(H,22,23). The zero-order chi connectivity index (χ0) is 17.1. The van der Waals surface area contributed by atoms with Gasteiger partial charge < -0.3 is 14.5 Å². The number of aromatic carboxylic acids is 1. The number of anilines is 1. The summed E-state index contributed by atoms with van der Waals surface area (Å²) < 4.78 is 5.21. The molecular weight excluding hydrogens is 334 g/mol. The first-order valence-electron chi connectivity index (χ1n) is 6.88. The molecule has 24 heavy (non-hydrogen) atoms. The van der Waals surface area contributed by atoms with Gasteiger partial charge in [0.25, 0.3) is 0 Å². The van der Waals surface area contributed by atoms with Crippen molar-refractivity contribution in [1.29, 1.82) is 0 Å². The molecule has 0 saturated carbocycles. The predicted octanol–water partition coefficient (Wildman–Crippen LogP) is 2.51. The first kappa shape index (κ1) is 15.9. The zero-order valence-electron chi connectivity index (χ0n) is 12.5. The first-order chi connectivity index (χ1) is 11.5. The van der Waals surface area contributed by atoms with Crippen LogP contribution in [0.2, 0.25) is 5.02 Å². The quantitative estimate of drug-likeness (QED) is 0.752. The second-order valence-corrected chi connectivity index (χ2v) is 5.32. The van der Waals surface area contributed by atoms with E-state index >= 15 is 0 Å². The van der Waals surface area contributed by atoms with E-state index in [-0.39, 0.29) is 17.1 Å². The number of rotatable bonds is 5. The topological polar surface area (TPSA) is 105 Å². The Morgan fingerprint density at radius 3 is 2.88 bits per heavy atom. The van der Waals surface area contributed by atoms with Crippen LogP contribution in [0.5, 0.6) is 0 Å². The molecule has 0 aliphatic rings. The van der Waals surface area contributed by atoms with E-state index in [1.54, 1.807) is 30.3 Å². The molecule has 9 heteroatoms. The first-order valence-corrected chi connectivity index (χ1v) is 7.26. The molecule has 0 unspecified atom stereocenters. The fraction of sp³-hybridized carbons (Fsp3) is 0.133. The Kier molecular flexibility index (Phi) is 4.39. The van der Waals surface area contributed by atoms with E-state index < -0.39 is 5.97 Å². The Bertz CT molecular complexity index is 869. The summed E-state index contributed by atoms with van der Waals surface area (Å²) in [6, 6.07) is 6.75. The molecule has 0 bridgehead atoms. The van der Waals surface area contributed by atoms with Crippen LogP contribution in [0.15, 0.2) is 41.2 Å². The Labute approximate surface area is 141 Å². The van der Waals surface area contributed by atoms with Gasteiger partial charge >= 0.3 is 5.97 Å². The third-order valence-corrected chi connectivity index (χ3v) is 3.44. The Hall–Kier alpha value is -3.00. The van der Waals surface area contributed by atoms with Crippen LogP contribution in [-0.4, -0.2) is 38.2 Å². The Balaban J connectivity index is 1.77. The average molecular weight is 346 g/mol. The van der Waals surface area contributed by atoms with Gasteiger partial charge in [-0.2, -0.15) is 4.98 Å². The number of nitrogens with zero attached hydrogens (tertiary/aromatic N) is 5. The monoisotopic (exact) mass is 345 g/mol. The zero-order valence-corrected chi connectivity index (χ0v) is 13.3. The smallest absolute Gasteiger partial charge is 0.337 e. The molecule has 8 nitrogen and oxygen atoms in total. The maximum absolute atomic E-state index is 10.9. The predicted molar refractivity (Wildman–Crippen MR) is 85.8 cm³/mol. The van der Waals surface area contributed by atoms with Gasteiger partial charge in [0.15, 0.2) is 0 Å². The maximum atomic E-state index is 10.9. The lowest BCUT2D eigenvalue weighted by atomic mass is 10.3. The van der Waals surface area contributed by atoms with Crippen molar-refractivity contribution in [3.05, 3.63) is 53.1 Å². The minimum absolute atomic E-state index is 0.0207. The van der Waals surface area contributed by atoms with Crippen molar-refractivity contribution in [3.8, 4) is 11.5 Å². The van der Waals surface area contributed by atoms with E-state index in [1.165, 1.54) is 12.3 Å². The summed E-state index contributed by atoms with van der Waals surface area (Å²) in [5.41, 5.74) is 0.629. The molecule has 0 aliphatic carbocycles. The minimum Gasteiger partial charge on any atom is -0.478 e. The molecule has 0 aromatic carbocycles. The molecule has 0 amide bonds. The van der Waals surface area contributed by atoms with Crippen LogP contribution in [0.25, 0.3) is 11.5 Å². The van der Waals surface area contributed by atoms with Crippen molar-refractivity contribution in [1.82, 2.24) is 20.1 Å². The number of halogens is 1. The van der Waals surface area contributed by atoms with E-state index in [1.807, 2.05) is 6.07 Å². The highest BCUT2D eigenvalue weighted by molar-refractivity contribution is 6.33. The summed E-state index contributed by atoms with van der Waals surface area (Å²) in [6.07, 6.45) is 2.89. The highest BCUT2D eigenvalue weighted by atomic mass is 35.5. The van der Waals surface area contributed by atoms with Crippen LogP contribution in [-0.2, 0) is 6.54 Å². The summed E-state index contributed by atoms with van der Waals surface area (Å²) in [5, 5.41) is 13.0. The van der Waals surface area contributed by atoms with Gasteiger partial charge in [-0.15, -0.1) is 0 Å². The molecule has 0 fully saturated rings. The summed E-state index contributed by atoms with van der Waals surface area (Å²) in [5.74, 6) is 0.0763. The van der Waals surface area contributed by atoms with Gasteiger partial charge in [-0.3, -0.25) is 4.98 Å². The van der Waals surface area contributed by atoms with Gasteiger partial charge in [0, 0.05) is 19.4 Å². The van der Waals surface area contributed by atoms with Crippen LogP contribution in [0.1, 0.15) is 16.2 Å². The summed E-state index contributed by atoms with van der Waals surface area (Å²) >= 11 is 6.09. The number of hydrogen-bond donors (Lipinski definition) is 1. The average Bonchev–Trinajstić information content (AvgIpc) is 3.03. The third kappa shape index (κ3) is 3.33. The number of carbonyl (C=O) groups is 1. The third-order valence-electron chi connectivity index (χ3n) is 3.16. The molecule has 0 radical (unpaired) electrons. The lowest BCUT2D eigenvalue weighted by Crippen LogP contribution is -2.18. The summed E-state index contributed by atoms with van der Waals surface area (Å²) in [6.45, 7) is 0.263. The molecule has 0 aliphatic heterocycles. The van der Waals surface area contributed by atoms with Crippen molar-refractivity contribution < 1.29 is 14.4 Å². The summed E-state index contributed by atoms with van der Waals surface area (Å²) in [4.78, 5) is 25.1. The number of pyridine rings is 2. The number of hydrogen-bond acceptors (Lipinski definition) is 7. The largest absolute Gasteiger partial charge is 0.478 e. The highest BCUT2D eigenvalue weighted by Gasteiger charge is 2.16. The molecule has 0 saturated heterocycles. The molecule has 1 N–H and O–H groups in total. The van der Waals surface area contributed by atoms with Gasteiger partial charge in [0.2, 0.25) is 11.7 Å². The van der Waals surface area contributed by atoms with Crippen molar-refractivity contribution >= 4 is 23.4 Å². The van der Waals surface area contributed by atoms with Gasteiger partial charge in [0.05, 0.1) is 17.1 Å². The normalized spacial score (nSPS) is 10.6. The number of carboxylic acids is 1. The lowest BCUT2D eigenvalue weighted by Gasteiger charge is -2.17. The van der Waals surface area contributed by atoms with E-state index in [0.717, 1.165) is 0 Å². The summed E-state index contributed by atoms with van der Waals surface area (Å²) in [7, 11) is 1.74. The highest BCUT2D eigenvalue weighted by Crippen LogP contribution is 2.24. The molecule has 3 aromatic rings. The fourth-order valence-electron chi connectivity index (χ4n) is 2.02. The number of aromatic nitrogens is 4. The molecule has 3 heterocycles. The van der Waals surface area contributed by atoms with Crippen LogP contribution < -0.4 is 4.90 Å². The fourth-order valence-corrected chi connectivity index (χ4v) is 2.34. The maximum Gasteiger partial charge on any atom is 0.337 e. The van der Waals surface area contributed by atoms with E-state index in [0.29, 0.717) is 23.2 Å². The molecular formula is C15H12ClN5O3. The molecule has 0 atom stereocenters. The Morgan fingerprint density at radius 1 is 1.38 bits per heavy atom. The van der Waals surface area contributed by atoms with Gasteiger partial charge in [-0.1, -0.05) is 22.8 Å². The van der Waals surface area contributed by atoms with Gasteiger partial charge in [-0.05, 0) is 18.2 Å². The van der Waals surface area contributed by atoms with Crippen molar-refractivity contribution in [2.45, 2.75) is 6.54 Å². The SMILES string of the molecule is CN(Cc1nc(-c2ccccn2)no1)c1ncc(C(=O)O)cc1Cl. The second kappa shape index (κ2) is 6.63. The van der Waals surface area contributed by atoms with E-state index in [9.17, 15) is 4.79 Å². The Morgan fingerprint density at radius 2 is 2.21 bits per heavy atom. The van der Waals surface area contributed by atoms with Gasteiger partial charge in [0.1, 0.15) is 11.5 Å². The van der Waals surface area contributed by atoms with Crippen LogP contribution in [0.4, 0.5) is 5.82 Å². The molecule has 122 valence electrons. The molecule has 3 aromatic heterocycles. The van der Waals surface area contributed by atoms with Crippen LogP contribution in [0, 0.1) is 0 Å². The van der Waals surface area contributed by atoms with Crippen molar-refractivity contribution in [3.63, 3.8) is 0 Å². The van der Waals surface area contributed by atoms with Crippen LogP contribution in [0.3, 0.4) is 0 Å². The minimum atomic E-state index is -1.09. The second-order valence-electron chi connectivity index (χ2n) is 4.92. The molecule has 3 rings (SSSR count). The van der Waals surface area contributed by atoms with Gasteiger partial charge in [-0.25, -0.2) is 9.78 Å². The van der Waals surface area contributed by atoms with Crippen molar-refractivity contribution in [2.75, 3.05) is 11.9 Å². The number of carboxylic acid groups (broad SMARTS) is 1. The lowest BCUT2D eigenvalue weighted by molar-refractivity contribution is 0.0696. The van der Waals surface area contributed by atoms with E-state index in [2.05, 4.69) is 20.1 Å². The molecule has 0 spiro atoms. The van der Waals surface area contributed by atoms with E-state index in [4.69, 9.17) is 21.2 Å².